The van der Waals surface area contributed by atoms with Gasteiger partial charge in [-0.05, 0) is 42.0 Å². The van der Waals surface area contributed by atoms with Crippen LogP contribution in [0.1, 0.15) is 15.9 Å². The van der Waals surface area contributed by atoms with Crippen LogP contribution in [0, 0.1) is 0 Å². The molecule has 3 aromatic rings. The fraction of sp³-hybridized carbons (Fsp3) is 0.192. The second kappa shape index (κ2) is 11.5. The monoisotopic (exact) mass is 445 g/mol. The Labute approximate surface area is 193 Å². The zero-order valence-corrected chi connectivity index (χ0v) is 18.7. The van der Waals surface area contributed by atoms with Gasteiger partial charge in [-0.15, -0.1) is 0 Å². The molecule has 0 heterocycles. The molecular formula is C26H27N3O4. The molecule has 3 rings (SSSR count). The van der Waals surface area contributed by atoms with Crippen molar-refractivity contribution in [2.45, 2.75) is 12.5 Å². The fourth-order valence-corrected chi connectivity index (χ4v) is 3.32. The van der Waals surface area contributed by atoms with Gasteiger partial charge in [0.15, 0.2) is 0 Å². The number of likely N-dealkylation sites (N-methyl/N-ethyl adjacent to an activating group) is 1. The summed E-state index contributed by atoms with van der Waals surface area (Å²) in [6.45, 7) is -0.155. The lowest BCUT2D eigenvalue weighted by Gasteiger charge is -2.24. The first-order valence-electron chi connectivity index (χ1n) is 10.5. The van der Waals surface area contributed by atoms with Crippen LogP contribution in [0.25, 0.3) is 0 Å². The summed E-state index contributed by atoms with van der Waals surface area (Å²) >= 11 is 0. The van der Waals surface area contributed by atoms with E-state index in [1.807, 2.05) is 36.4 Å². The van der Waals surface area contributed by atoms with Crippen molar-refractivity contribution >= 4 is 23.4 Å². The van der Waals surface area contributed by atoms with Gasteiger partial charge in [-0.3, -0.25) is 14.4 Å². The SMILES string of the molecule is COc1ccc(NC(=O)CN(C)C(=O)[C@@H](Cc2ccccc2)NC(=O)c2ccccc2)cc1. The van der Waals surface area contributed by atoms with Crippen LogP contribution in [0.15, 0.2) is 84.9 Å². The standard InChI is InChI=1S/C26H27N3O4/c1-29(18-24(30)27-21-13-15-22(33-2)16-14-21)26(32)23(17-19-9-5-3-6-10-19)28-25(31)20-11-7-4-8-12-20/h3-16,23H,17-18H2,1-2H3,(H,27,30)(H,28,31)/t23-/m1/s1. The molecule has 33 heavy (non-hydrogen) atoms. The van der Waals surface area contributed by atoms with Crippen molar-refractivity contribution in [1.82, 2.24) is 10.2 Å². The molecular weight excluding hydrogens is 418 g/mol. The lowest BCUT2D eigenvalue weighted by molar-refractivity contribution is -0.135. The molecule has 2 N–H and O–H groups in total. The van der Waals surface area contributed by atoms with Gasteiger partial charge in [-0.2, -0.15) is 0 Å². The van der Waals surface area contributed by atoms with E-state index < -0.39 is 6.04 Å². The molecule has 170 valence electrons. The third-order valence-corrected chi connectivity index (χ3v) is 5.05. The van der Waals surface area contributed by atoms with E-state index in [-0.39, 0.29) is 24.3 Å². The first-order chi connectivity index (χ1) is 16.0. The summed E-state index contributed by atoms with van der Waals surface area (Å²) in [5.41, 5.74) is 1.96. The molecule has 0 aromatic heterocycles. The van der Waals surface area contributed by atoms with Gasteiger partial charge in [0.2, 0.25) is 11.8 Å². The average Bonchev–Trinajstić information content (AvgIpc) is 2.84. The Hall–Kier alpha value is -4.13. The van der Waals surface area contributed by atoms with Crippen LogP contribution in [0.4, 0.5) is 5.69 Å². The predicted octanol–water partition coefficient (Wildman–Crippen LogP) is 3.13. The normalized spacial score (nSPS) is 11.2. The van der Waals surface area contributed by atoms with E-state index in [2.05, 4.69) is 10.6 Å². The van der Waals surface area contributed by atoms with Crippen molar-refractivity contribution in [1.29, 1.82) is 0 Å². The van der Waals surface area contributed by atoms with Crippen molar-refractivity contribution in [2.75, 3.05) is 26.0 Å². The third-order valence-electron chi connectivity index (χ3n) is 5.05. The first-order valence-corrected chi connectivity index (χ1v) is 10.5. The molecule has 1 atom stereocenters. The largest absolute Gasteiger partial charge is 0.497 e. The molecule has 0 aliphatic carbocycles. The summed E-state index contributed by atoms with van der Waals surface area (Å²) in [6.07, 6.45) is 0.308. The minimum Gasteiger partial charge on any atom is -0.497 e. The minimum absolute atomic E-state index is 0.155. The van der Waals surface area contributed by atoms with Gasteiger partial charge >= 0.3 is 0 Å². The maximum atomic E-state index is 13.2. The first kappa shape index (κ1) is 23.5. The number of benzene rings is 3. The zero-order valence-electron chi connectivity index (χ0n) is 18.7. The number of carbonyl (C=O) groups is 3. The quantitative estimate of drug-likeness (QED) is 0.530. The van der Waals surface area contributed by atoms with Gasteiger partial charge in [0.05, 0.1) is 13.7 Å². The maximum absolute atomic E-state index is 13.2. The Morgan fingerprint density at radius 2 is 1.48 bits per heavy atom. The lowest BCUT2D eigenvalue weighted by Crippen LogP contribution is -2.50. The van der Waals surface area contributed by atoms with E-state index in [1.54, 1.807) is 62.7 Å². The van der Waals surface area contributed by atoms with Crippen molar-refractivity contribution in [2.24, 2.45) is 0 Å². The maximum Gasteiger partial charge on any atom is 0.251 e. The van der Waals surface area contributed by atoms with E-state index in [0.29, 0.717) is 23.4 Å². The van der Waals surface area contributed by atoms with Crippen molar-refractivity contribution < 1.29 is 19.1 Å². The molecule has 3 amide bonds. The number of anilines is 1. The average molecular weight is 446 g/mol. The lowest BCUT2D eigenvalue weighted by atomic mass is 10.0. The highest BCUT2D eigenvalue weighted by Gasteiger charge is 2.26. The van der Waals surface area contributed by atoms with E-state index in [1.165, 1.54) is 4.90 Å². The van der Waals surface area contributed by atoms with Crippen molar-refractivity contribution in [3.63, 3.8) is 0 Å². The van der Waals surface area contributed by atoms with Crippen LogP contribution in [-0.2, 0) is 16.0 Å². The van der Waals surface area contributed by atoms with Crippen LogP contribution in [0.5, 0.6) is 5.75 Å². The summed E-state index contributed by atoms with van der Waals surface area (Å²) in [6, 6.07) is 24.2. The topological polar surface area (TPSA) is 87.7 Å². The summed E-state index contributed by atoms with van der Waals surface area (Å²) < 4.78 is 5.11. The highest BCUT2D eigenvalue weighted by molar-refractivity contribution is 5.99. The number of rotatable bonds is 9. The highest BCUT2D eigenvalue weighted by atomic mass is 16.5. The van der Waals surface area contributed by atoms with Crippen molar-refractivity contribution in [3.05, 3.63) is 96.1 Å². The molecule has 0 radical (unpaired) electrons. The number of nitrogens with one attached hydrogen (secondary N) is 2. The molecule has 0 aliphatic heterocycles. The van der Waals surface area contributed by atoms with E-state index in [4.69, 9.17) is 4.74 Å². The number of ether oxygens (including phenoxy) is 1. The third kappa shape index (κ3) is 6.93. The summed E-state index contributed by atoms with van der Waals surface area (Å²) in [4.78, 5) is 39.7. The molecule has 3 aromatic carbocycles. The van der Waals surface area contributed by atoms with Crippen LogP contribution in [0.3, 0.4) is 0 Å². The smallest absolute Gasteiger partial charge is 0.251 e. The molecule has 0 fully saturated rings. The van der Waals surface area contributed by atoms with E-state index >= 15 is 0 Å². The second-order valence-electron chi connectivity index (χ2n) is 7.55. The Morgan fingerprint density at radius 1 is 0.879 bits per heavy atom. The van der Waals surface area contributed by atoms with Gasteiger partial charge in [0.1, 0.15) is 11.8 Å². The Kier molecular flexibility index (Phi) is 8.18. The van der Waals surface area contributed by atoms with Gasteiger partial charge < -0.3 is 20.3 Å². The summed E-state index contributed by atoms with van der Waals surface area (Å²) in [5.74, 6) is -0.365. The molecule has 0 bridgehead atoms. The predicted molar refractivity (Wildman–Crippen MR) is 127 cm³/mol. The molecule has 0 aliphatic rings. The van der Waals surface area contributed by atoms with Gasteiger partial charge in [0.25, 0.3) is 5.91 Å². The number of hydrogen-bond donors (Lipinski definition) is 2. The zero-order chi connectivity index (χ0) is 23.6. The number of methoxy groups -OCH3 is 1. The number of carbonyl (C=O) groups excluding carboxylic acids is 3. The van der Waals surface area contributed by atoms with E-state index in [9.17, 15) is 14.4 Å². The van der Waals surface area contributed by atoms with Gasteiger partial charge in [-0.1, -0.05) is 48.5 Å². The Balaban J connectivity index is 1.67. The van der Waals surface area contributed by atoms with Crippen LogP contribution in [0.2, 0.25) is 0 Å². The highest BCUT2D eigenvalue weighted by Crippen LogP contribution is 2.15. The Bertz CT molecular complexity index is 1070. The van der Waals surface area contributed by atoms with Crippen LogP contribution >= 0.6 is 0 Å². The van der Waals surface area contributed by atoms with Gasteiger partial charge in [-0.25, -0.2) is 0 Å². The Morgan fingerprint density at radius 3 is 2.09 bits per heavy atom. The number of nitrogens with zero attached hydrogens (tertiary/aromatic N) is 1. The summed E-state index contributed by atoms with van der Waals surface area (Å²) in [5, 5.41) is 5.58. The van der Waals surface area contributed by atoms with Crippen LogP contribution in [-0.4, -0.2) is 49.4 Å². The van der Waals surface area contributed by atoms with Crippen LogP contribution < -0.4 is 15.4 Å². The van der Waals surface area contributed by atoms with Gasteiger partial charge in [0, 0.05) is 24.7 Å². The molecule has 0 saturated carbocycles. The number of amides is 3. The minimum atomic E-state index is -0.820. The molecule has 0 spiro atoms. The fourth-order valence-electron chi connectivity index (χ4n) is 3.32. The number of hydrogen-bond acceptors (Lipinski definition) is 4. The summed E-state index contributed by atoms with van der Waals surface area (Å²) in [7, 11) is 3.11. The van der Waals surface area contributed by atoms with Crippen molar-refractivity contribution in [3.8, 4) is 5.75 Å². The van der Waals surface area contributed by atoms with E-state index in [0.717, 1.165) is 5.56 Å². The second-order valence-corrected chi connectivity index (χ2v) is 7.55. The molecule has 7 heteroatoms. The molecule has 0 unspecified atom stereocenters. The molecule has 0 saturated heterocycles. The molecule has 7 nitrogen and oxygen atoms in total.